The van der Waals surface area contributed by atoms with Gasteiger partial charge in [0.05, 0.1) is 6.61 Å². The van der Waals surface area contributed by atoms with Gasteiger partial charge in [0.2, 0.25) is 11.0 Å². The molecule has 23 heavy (non-hydrogen) atoms. The largest absolute Gasteiger partial charge is 0.494 e. The fraction of sp³-hybridized carbons (Fsp3) is 0.471. The van der Waals surface area contributed by atoms with Crippen LogP contribution in [0.1, 0.15) is 43.7 Å². The maximum absolute atomic E-state index is 12.0. The Balaban J connectivity index is 1.77. The minimum Gasteiger partial charge on any atom is -0.494 e. The van der Waals surface area contributed by atoms with Crippen molar-refractivity contribution in [2.45, 2.75) is 46.0 Å². The second-order valence-corrected chi connectivity index (χ2v) is 6.29. The quantitative estimate of drug-likeness (QED) is 0.757. The number of rotatable bonds is 9. The van der Waals surface area contributed by atoms with E-state index >= 15 is 0 Å². The van der Waals surface area contributed by atoms with Crippen LogP contribution in [0.3, 0.4) is 0 Å². The normalized spacial score (nSPS) is 10.5. The maximum atomic E-state index is 12.0. The summed E-state index contributed by atoms with van der Waals surface area (Å²) >= 11 is 1.46. The fourth-order valence-electron chi connectivity index (χ4n) is 2.09. The van der Waals surface area contributed by atoms with Gasteiger partial charge < -0.3 is 10.1 Å². The smallest absolute Gasteiger partial charge is 0.226 e. The zero-order valence-corrected chi connectivity index (χ0v) is 14.5. The number of benzene rings is 1. The average Bonchev–Trinajstić information content (AvgIpc) is 3.00. The molecular formula is C17H23N3O2S. The van der Waals surface area contributed by atoms with Gasteiger partial charge in [-0.15, -0.1) is 10.2 Å². The van der Waals surface area contributed by atoms with Crippen molar-refractivity contribution in [3.8, 4) is 5.75 Å². The third kappa shape index (κ3) is 5.98. The third-order valence-electron chi connectivity index (χ3n) is 3.33. The first-order valence-electron chi connectivity index (χ1n) is 8.05. The Kier molecular flexibility index (Phi) is 7.00. The van der Waals surface area contributed by atoms with Gasteiger partial charge in [-0.05, 0) is 37.5 Å². The van der Waals surface area contributed by atoms with Crippen LogP contribution in [0.4, 0.5) is 5.13 Å². The molecule has 2 rings (SSSR count). The van der Waals surface area contributed by atoms with E-state index in [1.54, 1.807) is 0 Å². The van der Waals surface area contributed by atoms with Crippen molar-refractivity contribution < 1.29 is 9.53 Å². The molecule has 6 heteroatoms. The Morgan fingerprint density at radius 2 is 1.96 bits per heavy atom. The van der Waals surface area contributed by atoms with E-state index in [1.165, 1.54) is 11.3 Å². The molecule has 1 aromatic heterocycles. The zero-order chi connectivity index (χ0) is 16.5. The molecule has 0 radical (unpaired) electrons. The number of aryl methyl sites for hydroxylation is 2. The number of anilines is 1. The van der Waals surface area contributed by atoms with E-state index in [4.69, 9.17) is 4.74 Å². The number of unbranched alkanes of at least 4 members (excludes halogenated alkanes) is 1. The number of carbonyl (C=O) groups is 1. The Bertz CT molecular complexity index is 611. The van der Waals surface area contributed by atoms with E-state index in [2.05, 4.69) is 22.4 Å². The van der Waals surface area contributed by atoms with Gasteiger partial charge >= 0.3 is 0 Å². The number of aromatic nitrogens is 2. The predicted octanol–water partition coefficient (Wildman–Crippen LogP) is 3.85. The van der Waals surface area contributed by atoms with Crippen LogP contribution in [0.5, 0.6) is 5.75 Å². The van der Waals surface area contributed by atoms with Gasteiger partial charge in [-0.1, -0.05) is 36.8 Å². The lowest BCUT2D eigenvalue weighted by molar-refractivity contribution is -0.116. The van der Waals surface area contributed by atoms with Crippen molar-refractivity contribution in [3.63, 3.8) is 0 Å². The molecule has 1 amide bonds. The standard InChI is InChI=1S/C17H23N3O2S/c1-3-5-6-16-19-20-17(23-16)18-15(21)12-9-13-7-10-14(11-8-13)22-4-2/h7-8,10-11H,3-6,9,12H2,1-2H3,(H,18,20,21). The Morgan fingerprint density at radius 3 is 2.65 bits per heavy atom. The zero-order valence-electron chi connectivity index (χ0n) is 13.7. The van der Waals surface area contributed by atoms with Gasteiger partial charge in [-0.2, -0.15) is 0 Å². The van der Waals surface area contributed by atoms with Crippen LogP contribution in [-0.4, -0.2) is 22.7 Å². The molecule has 1 N–H and O–H groups in total. The van der Waals surface area contributed by atoms with Crippen LogP contribution in [0, 0.1) is 0 Å². The number of hydrogen-bond donors (Lipinski definition) is 1. The minimum atomic E-state index is -0.0305. The molecule has 0 saturated carbocycles. The lowest BCUT2D eigenvalue weighted by atomic mass is 10.1. The number of ether oxygens (including phenoxy) is 1. The second kappa shape index (κ2) is 9.25. The van der Waals surface area contributed by atoms with Crippen LogP contribution in [0.15, 0.2) is 24.3 Å². The molecule has 1 heterocycles. The highest BCUT2D eigenvalue weighted by Gasteiger charge is 2.08. The van der Waals surface area contributed by atoms with Crippen molar-refractivity contribution in [1.29, 1.82) is 0 Å². The van der Waals surface area contributed by atoms with Gasteiger partial charge in [-0.3, -0.25) is 4.79 Å². The first-order chi connectivity index (χ1) is 11.2. The van der Waals surface area contributed by atoms with E-state index in [0.717, 1.165) is 35.6 Å². The van der Waals surface area contributed by atoms with Gasteiger partial charge in [-0.25, -0.2) is 0 Å². The predicted molar refractivity (Wildman–Crippen MR) is 93.1 cm³/mol. The van der Waals surface area contributed by atoms with Crippen LogP contribution >= 0.6 is 11.3 Å². The highest BCUT2D eigenvalue weighted by atomic mass is 32.1. The van der Waals surface area contributed by atoms with E-state index in [9.17, 15) is 4.79 Å². The van der Waals surface area contributed by atoms with Gasteiger partial charge in [0.25, 0.3) is 0 Å². The third-order valence-corrected chi connectivity index (χ3v) is 4.23. The summed E-state index contributed by atoms with van der Waals surface area (Å²) in [6.07, 6.45) is 4.28. The Morgan fingerprint density at radius 1 is 1.17 bits per heavy atom. The van der Waals surface area contributed by atoms with Gasteiger partial charge in [0.1, 0.15) is 10.8 Å². The second-order valence-electron chi connectivity index (χ2n) is 5.23. The molecule has 0 bridgehead atoms. The molecule has 0 aliphatic heterocycles. The summed E-state index contributed by atoms with van der Waals surface area (Å²) in [5, 5.41) is 12.5. The van der Waals surface area contributed by atoms with Crippen LogP contribution < -0.4 is 10.1 Å². The summed E-state index contributed by atoms with van der Waals surface area (Å²) in [5.74, 6) is 0.825. The van der Waals surface area contributed by atoms with Crippen LogP contribution in [0.2, 0.25) is 0 Å². The summed E-state index contributed by atoms with van der Waals surface area (Å²) in [5.41, 5.74) is 1.12. The first-order valence-corrected chi connectivity index (χ1v) is 8.87. The molecule has 1 aromatic carbocycles. The lowest BCUT2D eigenvalue weighted by Gasteiger charge is -2.05. The van der Waals surface area contributed by atoms with Crippen molar-refractivity contribution in [3.05, 3.63) is 34.8 Å². The molecule has 5 nitrogen and oxygen atoms in total. The number of carbonyl (C=O) groups excluding carboxylic acids is 1. The number of hydrogen-bond acceptors (Lipinski definition) is 5. The molecule has 0 spiro atoms. The summed E-state index contributed by atoms with van der Waals surface area (Å²) in [6, 6.07) is 7.85. The van der Waals surface area contributed by atoms with Crippen molar-refractivity contribution in [2.24, 2.45) is 0 Å². The maximum Gasteiger partial charge on any atom is 0.226 e. The Labute approximate surface area is 141 Å². The first kappa shape index (κ1) is 17.4. The summed E-state index contributed by atoms with van der Waals surface area (Å²) in [6.45, 7) is 4.76. The number of nitrogens with zero attached hydrogens (tertiary/aromatic N) is 2. The number of nitrogens with one attached hydrogen (secondary N) is 1. The Hall–Kier alpha value is -1.95. The van der Waals surface area contributed by atoms with Crippen molar-refractivity contribution >= 4 is 22.4 Å². The van der Waals surface area contributed by atoms with Crippen LogP contribution in [-0.2, 0) is 17.6 Å². The van der Waals surface area contributed by atoms with E-state index in [0.29, 0.717) is 24.6 Å². The lowest BCUT2D eigenvalue weighted by Crippen LogP contribution is -2.12. The summed E-state index contributed by atoms with van der Waals surface area (Å²) in [4.78, 5) is 12.0. The molecule has 0 fully saturated rings. The number of amides is 1. The van der Waals surface area contributed by atoms with E-state index in [1.807, 2.05) is 31.2 Å². The monoisotopic (exact) mass is 333 g/mol. The molecule has 2 aromatic rings. The van der Waals surface area contributed by atoms with Crippen LogP contribution in [0.25, 0.3) is 0 Å². The molecule has 124 valence electrons. The highest BCUT2D eigenvalue weighted by molar-refractivity contribution is 7.15. The molecule has 0 aliphatic rings. The SMILES string of the molecule is CCCCc1nnc(NC(=O)CCc2ccc(OCC)cc2)s1. The molecule has 0 atom stereocenters. The average molecular weight is 333 g/mol. The summed E-state index contributed by atoms with van der Waals surface area (Å²) in [7, 11) is 0. The molecular weight excluding hydrogens is 310 g/mol. The van der Waals surface area contributed by atoms with Gasteiger partial charge in [0.15, 0.2) is 0 Å². The van der Waals surface area contributed by atoms with Crippen molar-refractivity contribution in [2.75, 3.05) is 11.9 Å². The minimum absolute atomic E-state index is 0.0305. The van der Waals surface area contributed by atoms with Crippen molar-refractivity contribution in [1.82, 2.24) is 10.2 Å². The fourth-order valence-corrected chi connectivity index (χ4v) is 2.89. The van der Waals surface area contributed by atoms with E-state index in [-0.39, 0.29) is 5.91 Å². The molecule has 0 saturated heterocycles. The topological polar surface area (TPSA) is 64.1 Å². The summed E-state index contributed by atoms with van der Waals surface area (Å²) < 4.78 is 5.40. The van der Waals surface area contributed by atoms with E-state index < -0.39 is 0 Å². The van der Waals surface area contributed by atoms with Gasteiger partial charge in [0, 0.05) is 12.8 Å². The highest BCUT2D eigenvalue weighted by Crippen LogP contribution is 2.18. The molecule has 0 unspecified atom stereocenters. The molecule has 0 aliphatic carbocycles.